The van der Waals surface area contributed by atoms with Gasteiger partial charge in [-0.2, -0.15) is 5.26 Å². The molecule has 0 aromatic heterocycles. The Labute approximate surface area is 131 Å². The predicted octanol–water partition coefficient (Wildman–Crippen LogP) is 3.26. The highest BCUT2D eigenvalue weighted by molar-refractivity contribution is 5.68. The van der Waals surface area contributed by atoms with Crippen molar-refractivity contribution in [1.82, 2.24) is 4.90 Å². The van der Waals surface area contributed by atoms with E-state index < -0.39 is 5.60 Å². The lowest BCUT2D eigenvalue weighted by Crippen LogP contribution is -2.38. The monoisotopic (exact) mass is 302 g/mol. The molecule has 1 aromatic rings. The average Bonchev–Trinajstić information content (AvgIpc) is 2.71. The first-order valence-electron chi connectivity index (χ1n) is 7.49. The topological polar surface area (TPSA) is 62.6 Å². The summed E-state index contributed by atoms with van der Waals surface area (Å²) in [6, 6.07) is 9.52. The summed E-state index contributed by atoms with van der Waals surface area (Å²) in [5.41, 5.74) is 0.878. The average molecular weight is 302 g/mol. The first kappa shape index (κ1) is 16.3. The number of amides is 1. The van der Waals surface area contributed by atoms with E-state index in [0.29, 0.717) is 25.3 Å². The third-order valence-corrected chi connectivity index (χ3v) is 3.36. The quantitative estimate of drug-likeness (QED) is 0.799. The molecule has 5 heteroatoms. The predicted molar refractivity (Wildman–Crippen MR) is 82.3 cm³/mol. The molecular weight excluding hydrogens is 280 g/mol. The van der Waals surface area contributed by atoms with Gasteiger partial charge in [0.15, 0.2) is 0 Å². The molecule has 1 heterocycles. The molecule has 0 saturated carbocycles. The van der Waals surface area contributed by atoms with Gasteiger partial charge in [0, 0.05) is 18.7 Å². The van der Waals surface area contributed by atoms with Crippen molar-refractivity contribution >= 4 is 6.09 Å². The molecule has 118 valence electrons. The van der Waals surface area contributed by atoms with Crippen LogP contribution in [0.2, 0.25) is 0 Å². The van der Waals surface area contributed by atoms with Gasteiger partial charge < -0.3 is 14.4 Å². The molecule has 1 amide bonds. The SMILES string of the molecule is CC(C)(C)OC(=O)N1CCCO[C@@H](c2ccccc2C#N)C1. The third-order valence-electron chi connectivity index (χ3n) is 3.36. The van der Waals surface area contributed by atoms with Crippen LogP contribution in [0.1, 0.15) is 44.4 Å². The van der Waals surface area contributed by atoms with Crippen molar-refractivity contribution in [3.05, 3.63) is 35.4 Å². The zero-order chi connectivity index (χ0) is 16.2. The largest absolute Gasteiger partial charge is 0.444 e. The number of benzene rings is 1. The van der Waals surface area contributed by atoms with E-state index in [1.807, 2.05) is 39.0 Å². The molecule has 1 saturated heterocycles. The zero-order valence-corrected chi connectivity index (χ0v) is 13.3. The van der Waals surface area contributed by atoms with Crippen LogP contribution in [0, 0.1) is 11.3 Å². The van der Waals surface area contributed by atoms with Crippen LogP contribution in [0.3, 0.4) is 0 Å². The highest BCUT2D eigenvalue weighted by atomic mass is 16.6. The summed E-state index contributed by atoms with van der Waals surface area (Å²) in [7, 11) is 0. The molecule has 0 spiro atoms. The number of hydrogen-bond donors (Lipinski definition) is 0. The molecule has 0 N–H and O–H groups in total. The van der Waals surface area contributed by atoms with Crippen molar-refractivity contribution in [2.24, 2.45) is 0 Å². The molecule has 0 bridgehead atoms. The Bertz CT molecular complexity index is 572. The fourth-order valence-electron chi connectivity index (χ4n) is 2.39. The summed E-state index contributed by atoms with van der Waals surface area (Å²) in [6.07, 6.45) is 0.119. The van der Waals surface area contributed by atoms with Gasteiger partial charge in [-0.15, -0.1) is 0 Å². The molecule has 5 nitrogen and oxygen atoms in total. The summed E-state index contributed by atoms with van der Waals surface area (Å²) in [6.45, 7) is 7.10. The third kappa shape index (κ3) is 4.22. The van der Waals surface area contributed by atoms with Gasteiger partial charge >= 0.3 is 6.09 Å². The van der Waals surface area contributed by atoms with E-state index in [1.54, 1.807) is 11.0 Å². The van der Waals surface area contributed by atoms with Gasteiger partial charge in [-0.3, -0.25) is 0 Å². The summed E-state index contributed by atoms with van der Waals surface area (Å²) >= 11 is 0. The minimum atomic E-state index is -0.524. The number of rotatable bonds is 1. The minimum absolute atomic E-state index is 0.300. The Hall–Kier alpha value is -2.06. The second-order valence-electron chi connectivity index (χ2n) is 6.34. The van der Waals surface area contributed by atoms with Crippen molar-refractivity contribution < 1.29 is 14.3 Å². The highest BCUT2D eigenvalue weighted by Crippen LogP contribution is 2.25. The molecule has 1 aliphatic rings. The van der Waals surface area contributed by atoms with E-state index >= 15 is 0 Å². The summed E-state index contributed by atoms with van der Waals surface area (Å²) in [4.78, 5) is 13.9. The Morgan fingerprint density at radius 2 is 2.14 bits per heavy atom. The van der Waals surface area contributed by atoms with Crippen LogP contribution in [0.15, 0.2) is 24.3 Å². The van der Waals surface area contributed by atoms with Crippen LogP contribution in [0.4, 0.5) is 4.79 Å². The maximum absolute atomic E-state index is 12.3. The zero-order valence-electron chi connectivity index (χ0n) is 13.3. The maximum Gasteiger partial charge on any atom is 0.410 e. The van der Waals surface area contributed by atoms with Crippen molar-refractivity contribution in [3.63, 3.8) is 0 Å². The van der Waals surface area contributed by atoms with Gasteiger partial charge in [-0.25, -0.2) is 4.79 Å². The molecule has 1 fully saturated rings. The van der Waals surface area contributed by atoms with Crippen LogP contribution >= 0.6 is 0 Å². The smallest absolute Gasteiger partial charge is 0.410 e. The highest BCUT2D eigenvalue weighted by Gasteiger charge is 2.28. The molecule has 0 radical (unpaired) electrons. The molecule has 2 rings (SSSR count). The van der Waals surface area contributed by atoms with E-state index in [-0.39, 0.29) is 12.2 Å². The molecule has 1 atom stereocenters. The van der Waals surface area contributed by atoms with E-state index in [4.69, 9.17) is 9.47 Å². The van der Waals surface area contributed by atoms with E-state index in [2.05, 4.69) is 6.07 Å². The first-order valence-corrected chi connectivity index (χ1v) is 7.49. The minimum Gasteiger partial charge on any atom is -0.444 e. The number of nitrogens with zero attached hydrogens (tertiary/aromatic N) is 2. The number of carbonyl (C=O) groups is 1. The van der Waals surface area contributed by atoms with Gasteiger partial charge in [0.2, 0.25) is 0 Å². The van der Waals surface area contributed by atoms with Gasteiger partial charge in [-0.05, 0) is 33.3 Å². The van der Waals surface area contributed by atoms with Crippen molar-refractivity contribution in [2.75, 3.05) is 19.7 Å². The van der Waals surface area contributed by atoms with Crippen LogP contribution in [0.5, 0.6) is 0 Å². The standard InChI is InChI=1S/C17H22N2O3/c1-17(2,3)22-16(20)19-9-6-10-21-15(12-19)14-8-5-4-7-13(14)11-18/h4-5,7-8,15H,6,9-10,12H2,1-3H3/t15-/m1/s1. The Balaban J connectivity index is 2.17. The lowest BCUT2D eigenvalue weighted by Gasteiger charge is -2.28. The summed E-state index contributed by atoms with van der Waals surface area (Å²) in [5, 5.41) is 9.24. The maximum atomic E-state index is 12.3. The Morgan fingerprint density at radius 3 is 2.82 bits per heavy atom. The van der Waals surface area contributed by atoms with Gasteiger partial charge in [0.05, 0.1) is 18.2 Å². The first-order chi connectivity index (χ1) is 10.4. The fourth-order valence-corrected chi connectivity index (χ4v) is 2.39. The summed E-state index contributed by atoms with van der Waals surface area (Å²) < 4.78 is 11.3. The number of hydrogen-bond acceptors (Lipinski definition) is 4. The van der Waals surface area contributed by atoms with Crippen molar-refractivity contribution in [1.29, 1.82) is 5.26 Å². The molecule has 1 aromatic carbocycles. The van der Waals surface area contributed by atoms with Crippen LogP contribution in [0.25, 0.3) is 0 Å². The number of ether oxygens (including phenoxy) is 2. The van der Waals surface area contributed by atoms with Crippen molar-refractivity contribution in [2.45, 2.75) is 38.9 Å². The fraction of sp³-hybridized carbons (Fsp3) is 0.529. The van der Waals surface area contributed by atoms with Crippen LogP contribution in [-0.2, 0) is 9.47 Å². The second-order valence-corrected chi connectivity index (χ2v) is 6.34. The Morgan fingerprint density at radius 1 is 1.41 bits per heavy atom. The molecule has 0 aliphatic carbocycles. The van der Waals surface area contributed by atoms with Gasteiger partial charge in [-0.1, -0.05) is 18.2 Å². The normalized spacial score (nSPS) is 19.2. The van der Waals surface area contributed by atoms with Gasteiger partial charge in [0.1, 0.15) is 11.7 Å². The van der Waals surface area contributed by atoms with Crippen LogP contribution < -0.4 is 0 Å². The molecule has 22 heavy (non-hydrogen) atoms. The van der Waals surface area contributed by atoms with E-state index in [9.17, 15) is 10.1 Å². The van der Waals surface area contributed by atoms with Crippen LogP contribution in [-0.4, -0.2) is 36.3 Å². The lowest BCUT2D eigenvalue weighted by molar-refractivity contribution is 0.0139. The molecular formula is C17H22N2O3. The van der Waals surface area contributed by atoms with Crippen molar-refractivity contribution in [3.8, 4) is 6.07 Å². The van der Waals surface area contributed by atoms with E-state index in [1.165, 1.54) is 0 Å². The number of carbonyl (C=O) groups excluding carboxylic acids is 1. The molecule has 0 unspecified atom stereocenters. The summed E-state index contributed by atoms with van der Waals surface area (Å²) in [5.74, 6) is 0. The molecule has 1 aliphatic heterocycles. The Kier molecular flexibility index (Phi) is 5.04. The lowest BCUT2D eigenvalue weighted by atomic mass is 10.0. The second kappa shape index (κ2) is 6.80. The number of nitriles is 1. The van der Waals surface area contributed by atoms with E-state index in [0.717, 1.165) is 12.0 Å². The van der Waals surface area contributed by atoms with Gasteiger partial charge in [0.25, 0.3) is 0 Å².